The molecule has 1 amide bonds. The first kappa shape index (κ1) is 31.2. The SMILES string of the molecule is O=C(NC(CN(Cc1ccncc1)Cc1ccc(-c2ccccc2)cc1)C(=O)O)c1ccc(-c2ccc(C(F)(F)F)cc2)cc1. The van der Waals surface area contributed by atoms with E-state index in [4.69, 9.17) is 0 Å². The third-order valence-electron chi connectivity index (χ3n) is 7.36. The third-order valence-corrected chi connectivity index (χ3v) is 7.36. The number of aromatic nitrogens is 1. The molecule has 5 aromatic rings. The number of rotatable bonds is 11. The zero-order valence-corrected chi connectivity index (χ0v) is 24.1. The minimum atomic E-state index is -4.43. The highest BCUT2D eigenvalue weighted by molar-refractivity contribution is 5.97. The maximum absolute atomic E-state index is 13.1. The van der Waals surface area contributed by atoms with E-state index in [1.807, 2.05) is 71.6 Å². The molecule has 0 aliphatic carbocycles. The Morgan fingerprint density at radius 1 is 0.689 bits per heavy atom. The summed E-state index contributed by atoms with van der Waals surface area (Å²) in [5.74, 6) is -1.75. The van der Waals surface area contributed by atoms with Gasteiger partial charge in [-0.1, -0.05) is 78.9 Å². The Kier molecular flexibility index (Phi) is 9.70. The summed E-state index contributed by atoms with van der Waals surface area (Å²) < 4.78 is 38.7. The van der Waals surface area contributed by atoms with Gasteiger partial charge in [0.05, 0.1) is 5.56 Å². The van der Waals surface area contributed by atoms with Crippen molar-refractivity contribution in [1.82, 2.24) is 15.2 Å². The zero-order chi connectivity index (χ0) is 31.8. The fourth-order valence-corrected chi connectivity index (χ4v) is 4.97. The van der Waals surface area contributed by atoms with Gasteiger partial charge in [-0.3, -0.25) is 14.7 Å². The molecule has 0 radical (unpaired) electrons. The number of carboxylic acids is 1. The second kappa shape index (κ2) is 14.0. The third kappa shape index (κ3) is 8.43. The van der Waals surface area contributed by atoms with E-state index >= 15 is 0 Å². The molecule has 1 heterocycles. The van der Waals surface area contributed by atoms with Crippen molar-refractivity contribution in [2.75, 3.05) is 6.54 Å². The first-order chi connectivity index (χ1) is 21.7. The van der Waals surface area contributed by atoms with Crippen molar-refractivity contribution in [2.24, 2.45) is 0 Å². The van der Waals surface area contributed by atoms with Crippen LogP contribution in [0.5, 0.6) is 0 Å². The molecule has 0 saturated heterocycles. The Bertz CT molecular complexity index is 1710. The van der Waals surface area contributed by atoms with Crippen LogP contribution in [0.4, 0.5) is 13.2 Å². The van der Waals surface area contributed by atoms with Crippen molar-refractivity contribution in [2.45, 2.75) is 25.3 Å². The Labute approximate surface area is 258 Å². The zero-order valence-electron chi connectivity index (χ0n) is 24.1. The van der Waals surface area contributed by atoms with Crippen LogP contribution in [0.2, 0.25) is 0 Å². The van der Waals surface area contributed by atoms with E-state index in [-0.39, 0.29) is 12.1 Å². The van der Waals surface area contributed by atoms with Gasteiger partial charge in [-0.2, -0.15) is 13.2 Å². The lowest BCUT2D eigenvalue weighted by Gasteiger charge is -2.26. The lowest BCUT2D eigenvalue weighted by atomic mass is 10.0. The molecule has 4 aromatic carbocycles. The summed E-state index contributed by atoms with van der Waals surface area (Å²) in [4.78, 5) is 31.4. The second-order valence-corrected chi connectivity index (χ2v) is 10.6. The predicted molar refractivity (Wildman–Crippen MR) is 166 cm³/mol. The number of aliphatic carboxylic acids is 1. The fourth-order valence-electron chi connectivity index (χ4n) is 4.97. The molecule has 0 fully saturated rings. The molecule has 0 spiro atoms. The number of carboxylic acid groups (broad SMARTS) is 1. The second-order valence-electron chi connectivity index (χ2n) is 10.6. The van der Waals surface area contributed by atoms with Crippen LogP contribution in [0.3, 0.4) is 0 Å². The first-order valence-electron chi connectivity index (χ1n) is 14.2. The van der Waals surface area contributed by atoms with Crippen molar-refractivity contribution in [3.8, 4) is 22.3 Å². The molecule has 1 aromatic heterocycles. The Morgan fingerprint density at radius 2 is 1.18 bits per heavy atom. The number of pyridine rings is 1. The number of carbonyl (C=O) groups excluding carboxylic acids is 1. The number of carbonyl (C=O) groups is 2. The van der Waals surface area contributed by atoms with Crippen LogP contribution in [0.1, 0.15) is 27.0 Å². The Morgan fingerprint density at radius 3 is 1.71 bits per heavy atom. The van der Waals surface area contributed by atoms with Crippen molar-refractivity contribution >= 4 is 11.9 Å². The number of benzene rings is 4. The number of hydrogen-bond acceptors (Lipinski definition) is 4. The predicted octanol–water partition coefficient (Wildman–Crippen LogP) is 7.32. The quantitative estimate of drug-likeness (QED) is 0.164. The molecule has 0 aliphatic heterocycles. The summed E-state index contributed by atoms with van der Waals surface area (Å²) in [7, 11) is 0. The van der Waals surface area contributed by atoms with Crippen LogP contribution in [0.15, 0.2) is 128 Å². The van der Waals surface area contributed by atoms with Gasteiger partial charge in [0, 0.05) is 37.6 Å². The van der Waals surface area contributed by atoms with E-state index in [1.54, 1.807) is 24.5 Å². The van der Waals surface area contributed by atoms with Crippen LogP contribution in [0.25, 0.3) is 22.3 Å². The highest BCUT2D eigenvalue weighted by Crippen LogP contribution is 2.31. The molecule has 1 unspecified atom stereocenters. The van der Waals surface area contributed by atoms with Crippen LogP contribution < -0.4 is 5.32 Å². The molecule has 0 aliphatic rings. The smallest absolute Gasteiger partial charge is 0.416 e. The number of nitrogens with one attached hydrogen (secondary N) is 1. The van der Waals surface area contributed by atoms with Gasteiger partial charge in [0.1, 0.15) is 6.04 Å². The van der Waals surface area contributed by atoms with E-state index in [2.05, 4.69) is 10.3 Å². The minimum absolute atomic E-state index is 0.0352. The van der Waals surface area contributed by atoms with Gasteiger partial charge in [-0.15, -0.1) is 0 Å². The van der Waals surface area contributed by atoms with E-state index in [0.29, 0.717) is 24.2 Å². The maximum atomic E-state index is 13.1. The summed E-state index contributed by atoms with van der Waals surface area (Å²) >= 11 is 0. The average Bonchev–Trinajstić information content (AvgIpc) is 3.05. The molecule has 6 nitrogen and oxygen atoms in total. The molecule has 9 heteroatoms. The summed E-state index contributed by atoms with van der Waals surface area (Å²) in [5.41, 5.74) is 4.76. The van der Waals surface area contributed by atoms with Crippen molar-refractivity contribution < 1.29 is 27.9 Å². The molecule has 45 heavy (non-hydrogen) atoms. The standard InChI is InChI=1S/C36H30F3N3O3/c37-36(38,39)32-16-14-30(15-17-32)29-10-12-31(13-11-29)34(43)41-33(35(44)45)24-42(23-26-18-20-40-21-19-26)22-25-6-8-28(9-7-25)27-4-2-1-3-5-27/h1-21,33H,22-24H2,(H,41,43)(H,44,45). The highest BCUT2D eigenvalue weighted by Gasteiger charge is 2.30. The molecule has 228 valence electrons. The topological polar surface area (TPSA) is 82.5 Å². The largest absolute Gasteiger partial charge is 0.480 e. The van der Waals surface area contributed by atoms with Gasteiger partial charge >= 0.3 is 12.1 Å². The molecule has 2 N–H and O–H groups in total. The van der Waals surface area contributed by atoms with Crippen LogP contribution in [-0.2, 0) is 24.1 Å². The number of halogens is 3. The van der Waals surface area contributed by atoms with Gasteiger partial charge in [0.15, 0.2) is 0 Å². The molecule has 0 saturated carbocycles. The van der Waals surface area contributed by atoms with Crippen molar-refractivity contribution in [1.29, 1.82) is 0 Å². The summed E-state index contributed by atoms with van der Waals surface area (Å²) in [5, 5.41) is 12.7. The van der Waals surface area contributed by atoms with Crippen LogP contribution in [-0.4, -0.2) is 39.5 Å². The van der Waals surface area contributed by atoms with Gasteiger partial charge in [0.2, 0.25) is 0 Å². The molecule has 0 bridgehead atoms. The fraction of sp³-hybridized carbons (Fsp3) is 0.139. The highest BCUT2D eigenvalue weighted by atomic mass is 19.4. The maximum Gasteiger partial charge on any atom is 0.416 e. The Hall–Kier alpha value is -5.28. The molecular formula is C36H30F3N3O3. The number of hydrogen-bond donors (Lipinski definition) is 2. The number of amides is 1. The van der Waals surface area contributed by atoms with E-state index in [0.717, 1.165) is 34.4 Å². The van der Waals surface area contributed by atoms with Crippen LogP contribution >= 0.6 is 0 Å². The monoisotopic (exact) mass is 609 g/mol. The number of nitrogens with zero attached hydrogens (tertiary/aromatic N) is 2. The summed E-state index contributed by atoms with van der Waals surface area (Å²) in [6, 6.07) is 31.6. The normalized spacial score (nSPS) is 12.1. The van der Waals surface area contributed by atoms with Gasteiger partial charge in [0.25, 0.3) is 5.91 Å². The Balaban J connectivity index is 1.29. The van der Waals surface area contributed by atoms with Crippen molar-refractivity contribution in [3.05, 3.63) is 150 Å². The van der Waals surface area contributed by atoms with Gasteiger partial charge < -0.3 is 10.4 Å². The first-order valence-corrected chi connectivity index (χ1v) is 14.2. The van der Waals surface area contributed by atoms with Gasteiger partial charge in [-0.05, 0) is 69.8 Å². The lowest BCUT2D eigenvalue weighted by molar-refractivity contribution is -0.140. The number of alkyl halides is 3. The summed E-state index contributed by atoms with van der Waals surface area (Å²) in [6.07, 6.45) is -1.08. The summed E-state index contributed by atoms with van der Waals surface area (Å²) in [6.45, 7) is 0.913. The average molecular weight is 610 g/mol. The minimum Gasteiger partial charge on any atom is -0.480 e. The van der Waals surface area contributed by atoms with Crippen molar-refractivity contribution in [3.63, 3.8) is 0 Å². The van der Waals surface area contributed by atoms with Gasteiger partial charge in [-0.25, -0.2) is 4.79 Å². The van der Waals surface area contributed by atoms with E-state index in [9.17, 15) is 27.9 Å². The molecule has 5 rings (SSSR count). The molecular weight excluding hydrogens is 579 g/mol. The van der Waals surface area contributed by atoms with E-state index in [1.165, 1.54) is 24.3 Å². The lowest BCUT2D eigenvalue weighted by Crippen LogP contribution is -2.48. The van der Waals surface area contributed by atoms with Crippen LogP contribution in [0, 0.1) is 0 Å². The van der Waals surface area contributed by atoms with E-state index < -0.39 is 29.7 Å². The molecule has 1 atom stereocenters.